The van der Waals surface area contributed by atoms with Crippen molar-refractivity contribution in [2.45, 2.75) is 12.8 Å². The first-order valence-electron chi connectivity index (χ1n) is 7.21. The number of rotatable bonds is 6. The van der Waals surface area contributed by atoms with E-state index in [0.29, 0.717) is 11.7 Å². The number of hydrogen-bond acceptors (Lipinski definition) is 2. The molecule has 2 rings (SSSR count). The molecule has 0 unspecified atom stereocenters. The minimum absolute atomic E-state index is 0.150. The van der Waals surface area contributed by atoms with E-state index in [4.69, 9.17) is 17.0 Å². The molecule has 0 aromatic heterocycles. The Morgan fingerprint density at radius 2 is 2.00 bits per heavy atom. The molecule has 3 nitrogen and oxygen atoms in total. The monoisotopic (exact) mass is 336 g/mol. The Labute approximate surface area is 139 Å². The van der Waals surface area contributed by atoms with Crippen molar-refractivity contribution in [2.75, 3.05) is 19.0 Å². The van der Waals surface area contributed by atoms with Gasteiger partial charge in [-0.2, -0.15) is 0 Å². The highest BCUT2D eigenvalue weighted by molar-refractivity contribution is 7.80. The fourth-order valence-corrected chi connectivity index (χ4v) is 2.29. The van der Waals surface area contributed by atoms with Gasteiger partial charge in [0.1, 0.15) is 17.4 Å². The quantitative estimate of drug-likeness (QED) is 0.619. The molecule has 0 heterocycles. The van der Waals surface area contributed by atoms with Gasteiger partial charge in [0.15, 0.2) is 5.11 Å². The molecular weight excluding hydrogens is 318 g/mol. The maximum absolute atomic E-state index is 13.5. The topological polar surface area (TPSA) is 33.3 Å². The van der Waals surface area contributed by atoms with Gasteiger partial charge in [0, 0.05) is 12.6 Å². The molecule has 0 saturated carbocycles. The number of hydrogen-bond donors (Lipinski definition) is 2. The summed E-state index contributed by atoms with van der Waals surface area (Å²) < 4.78 is 31.5. The van der Waals surface area contributed by atoms with E-state index < -0.39 is 11.6 Å². The number of methoxy groups -OCH3 is 1. The van der Waals surface area contributed by atoms with Gasteiger partial charge in [-0.05, 0) is 54.9 Å². The summed E-state index contributed by atoms with van der Waals surface area (Å²) in [6, 6.07) is 11.2. The van der Waals surface area contributed by atoms with Gasteiger partial charge < -0.3 is 15.4 Å². The van der Waals surface area contributed by atoms with Gasteiger partial charge in [-0.1, -0.05) is 12.1 Å². The maximum Gasteiger partial charge on any atom is 0.170 e. The Morgan fingerprint density at radius 3 is 2.74 bits per heavy atom. The summed E-state index contributed by atoms with van der Waals surface area (Å²) in [5.74, 6) is -0.463. The first-order valence-corrected chi connectivity index (χ1v) is 7.62. The van der Waals surface area contributed by atoms with Crippen molar-refractivity contribution >= 4 is 23.0 Å². The van der Waals surface area contributed by atoms with Gasteiger partial charge in [-0.15, -0.1) is 0 Å². The largest absolute Gasteiger partial charge is 0.497 e. The molecular formula is C17H18F2N2OS. The SMILES string of the molecule is COc1cccc(CCCNC(=S)Nc2ccc(F)cc2F)c1. The van der Waals surface area contributed by atoms with E-state index in [1.165, 1.54) is 17.7 Å². The van der Waals surface area contributed by atoms with Gasteiger partial charge >= 0.3 is 0 Å². The Kier molecular flexibility index (Phi) is 6.29. The Morgan fingerprint density at radius 1 is 1.17 bits per heavy atom. The lowest BCUT2D eigenvalue weighted by Gasteiger charge is -2.11. The first-order chi connectivity index (χ1) is 11.1. The van der Waals surface area contributed by atoms with Crippen LogP contribution in [0.4, 0.5) is 14.5 Å². The second-order valence-electron chi connectivity index (χ2n) is 4.96. The molecule has 0 bridgehead atoms. The van der Waals surface area contributed by atoms with Gasteiger partial charge in [-0.3, -0.25) is 0 Å². The fourth-order valence-electron chi connectivity index (χ4n) is 2.08. The highest BCUT2D eigenvalue weighted by atomic mass is 32.1. The molecule has 0 aliphatic rings. The zero-order valence-corrected chi connectivity index (χ0v) is 13.6. The van der Waals surface area contributed by atoms with Crippen molar-refractivity contribution in [3.63, 3.8) is 0 Å². The molecule has 23 heavy (non-hydrogen) atoms. The molecule has 2 aromatic carbocycles. The number of halogens is 2. The molecule has 2 aromatic rings. The van der Waals surface area contributed by atoms with Crippen LogP contribution in [0, 0.1) is 11.6 Å². The predicted octanol–water partition coefficient (Wildman–Crippen LogP) is 3.89. The van der Waals surface area contributed by atoms with Gasteiger partial charge in [-0.25, -0.2) is 8.78 Å². The minimum atomic E-state index is -0.675. The van der Waals surface area contributed by atoms with Gasteiger partial charge in [0.05, 0.1) is 12.8 Å². The van der Waals surface area contributed by atoms with Crippen LogP contribution in [-0.2, 0) is 6.42 Å². The third-order valence-electron chi connectivity index (χ3n) is 3.24. The van der Waals surface area contributed by atoms with Crippen molar-refractivity contribution in [3.05, 3.63) is 59.7 Å². The fraction of sp³-hybridized carbons (Fsp3) is 0.235. The van der Waals surface area contributed by atoms with Crippen molar-refractivity contribution in [1.29, 1.82) is 0 Å². The molecule has 0 fully saturated rings. The maximum atomic E-state index is 13.5. The molecule has 0 saturated heterocycles. The minimum Gasteiger partial charge on any atom is -0.497 e. The normalized spacial score (nSPS) is 10.2. The molecule has 0 aliphatic carbocycles. The van der Waals surface area contributed by atoms with Crippen LogP contribution in [-0.4, -0.2) is 18.8 Å². The van der Waals surface area contributed by atoms with E-state index in [-0.39, 0.29) is 5.69 Å². The molecule has 122 valence electrons. The van der Waals surface area contributed by atoms with Crippen LogP contribution < -0.4 is 15.4 Å². The van der Waals surface area contributed by atoms with Gasteiger partial charge in [0.25, 0.3) is 0 Å². The van der Waals surface area contributed by atoms with Crippen molar-refractivity contribution in [2.24, 2.45) is 0 Å². The van der Waals surface area contributed by atoms with Crippen LogP contribution in [0.2, 0.25) is 0 Å². The highest BCUT2D eigenvalue weighted by Crippen LogP contribution is 2.15. The van der Waals surface area contributed by atoms with E-state index in [0.717, 1.165) is 24.7 Å². The van der Waals surface area contributed by atoms with E-state index in [2.05, 4.69) is 10.6 Å². The number of ether oxygens (including phenoxy) is 1. The third kappa shape index (κ3) is 5.49. The average molecular weight is 336 g/mol. The number of aryl methyl sites for hydroxylation is 1. The molecule has 0 atom stereocenters. The standard InChI is InChI=1S/C17H18F2N2OS/c1-22-14-6-2-4-12(10-14)5-3-9-20-17(23)21-16-8-7-13(18)11-15(16)19/h2,4,6-8,10-11H,3,5,9H2,1H3,(H2,20,21,23). The van der Waals surface area contributed by atoms with Crippen molar-refractivity contribution in [1.82, 2.24) is 5.32 Å². The van der Waals surface area contributed by atoms with E-state index in [1.54, 1.807) is 7.11 Å². The van der Waals surface area contributed by atoms with Crippen LogP contribution >= 0.6 is 12.2 Å². The van der Waals surface area contributed by atoms with Crippen LogP contribution in [0.1, 0.15) is 12.0 Å². The third-order valence-corrected chi connectivity index (χ3v) is 3.49. The summed E-state index contributed by atoms with van der Waals surface area (Å²) in [7, 11) is 1.64. The molecule has 0 spiro atoms. The number of thiocarbonyl (C=S) groups is 1. The van der Waals surface area contributed by atoms with Crippen LogP contribution in [0.5, 0.6) is 5.75 Å². The summed E-state index contributed by atoms with van der Waals surface area (Å²) >= 11 is 5.10. The summed E-state index contributed by atoms with van der Waals surface area (Å²) in [4.78, 5) is 0. The lowest BCUT2D eigenvalue weighted by Crippen LogP contribution is -2.29. The molecule has 0 amide bonds. The van der Waals surface area contributed by atoms with E-state index >= 15 is 0 Å². The summed E-state index contributed by atoms with van der Waals surface area (Å²) in [6.45, 7) is 0.645. The summed E-state index contributed by atoms with van der Waals surface area (Å²) in [6.07, 6.45) is 1.73. The number of anilines is 1. The van der Waals surface area contributed by atoms with Crippen molar-refractivity contribution in [3.8, 4) is 5.75 Å². The summed E-state index contributed by atoms with van der Waals surface area (Å²) in [5, 5.41) is 6.02. The van der Waals surface area contributed by atoms with Crippen LogP contribution in [0.25, 0.3) is 0 Å². The first kappa shape index (κ1) is 17.1. The predicted molar refractivity (Wildman–Crippen MR) is 91.9 cm³/mol. The van der Waals surface area contributed by atoms with Gasteiger partial charge in [0.2, 0.25) is 0 Å². The molecule has 2 N–H and O–H groups in total. The zero-order valence-electron chi connectivity index (χ0n) is 12.7. The lowest BCUT2D eigenvalue weighted by atomic mass is 10.1. The van der Waals surface area contributed by atoms with Crippen LogP contribution in [0.3, 0.4) is 0 Å². The van der Waals surface area contributed by atoms with E-state index in [9.17, 15) is 8.78 Å². The Balaban J connectivity index is 1.74. The summed E-state index contributed by atoms with van der Waals surface area (Å²) in [5.41, 5.74) is 1.33. The second-order valence-corrected chi connectivity index (χ2v) is 5.37. The molecule has 0 aliphatic heterocycles. The number of benzene rings is 2. The van der Waals surface area contributed by atoms with Crippen LogP contribution in [0.15, 0.2) is 42.5 Å². The average Bonchev–Trinajstić information content (AvgIpc) is 2.54. The highest BCUT2D eigenvalue weighted by Gasteiger charge is 2.05. The second kappa shape index (κ2) is 8.43. The number of nitrogens with one attached hydrogen (secondary N) is 2. The lowest BCUT2D eigenvalue weighted by molar-refractivity contribution is 0.414. The molecule has 6 heteroatoms. The molecule has 0 radical (unpaired) electrons. The smallest absolute Gasteiger partial charge is 0.170 e. The Bertz CT molecular complexity index is 679. The zero-order chi connectivity index (χ0) is 16.7. The Hall–Kier alpha value is -2.21. The van der Waals surface area contributed by atoms with E-state index in [1.807, 2.05) is 24.3 Å². The van der Waals surface area contributed by atoms with Crippen molar-refractivity contribution < 1.29 is 13.5 Å².